The van der Waals surface area contributed by atoms with Gasteiger partial charge in [-0.15, -0.1) is 0 Å². The lowest BCUT2D eigenvalue weighted by Gasteiger charge is -2.25. The normalized spacial score (nSPS) is 12.0. The first-order valence-corrected chi connectivity index (χ1v) is 8.61. The molecule has 2 aromatic rings. The number of benzene rings is 2. The van der Waals surface area contributed by atoms with Crippen molar-refractivity contribution in [3.63, 3.8) is 0 Å². The van der Waals surface area contributed by atoms with Crippen LogP contribution in [0, 0.1) is 5.41 Å². The molecule has 27 heavy (non-hydrogen) atoms. The van der Waals surface area contributed by atoms with Gasteiger partial charge in [-0.25, -0.2) is 4.79 Å². The van der Waals surface area contributed by atoms with Gasteiger partial charge in [-0.2, -0.15) is 0 Å². The zero-order valence-electron chi connectivity index (χ0n) is 15.9. The number of rotatable bonds is 6. The summed E-state index contributed by atoms with van der Waals surface area (Å²) in [6, 6.07) is 15.6. The molecule has 2 rings (SSSR count). The Hall–Kier alpha value is -3.15. The van der Waals surface area contributed by atoms with Crippen molar-refractivity contribution in [2.75, 3.05) is 12.4 Å². The molecule has 2 amide bonds. The molecular weight excluding hydrogens is 344 g/mol. The molecule has 0 aliphatic heterocycles. The number of carbonyl (C=O) groups excluding carboxylic acids is 3. The Morgan fingerprint density at radius 2 is 1.52 bits per heavy atom. The van der Waals surface area contributed by atoms with Crippen molar-refractivity contribution in [1.82, 2.24) is 5.32 Å². The summed E-state index contributed by atoms with van der Waals surface area (Å²) in [6.07, 6.45) is 0. The predicted molar refractivity (Wildman–Crippen MR) is 103 cm³/mol. The van der Waals surface area contributed by atoms with Crippen molar-refractivity contribution < 1.29 is 19.1 Å². The lowest BCUT2D eigenvalue weighted by Crippen LogP contribution is -2.45. The van der Waals surface area contributed by atoms with Gasteiger partial charge in [0, 0.05) is 5.69 Å². The van der Waals surface area contributed by atoms with Crippen LogP contribution in [0.25, 0.3) is 0 Å². The maximum Gasteiger partial charge on any atom is 0.337 e. The molecule has 6 heteroatoms. The standard InChI is InChI=1S/C21H24N2O4/c1-14(15-8-6-5-7-9-15)22-19(25)21(2,3)20(26)23-17-12-10-16(11-13-17)18(24)27-4/h5-14H,1-4H3,(H,22,25)(H,23,26). The van der Waals surface area contributed by atoms with E-state index in [1.807, 2.05) is 37.3 Å². The van der Waals surface area contributed by atoms with E-state index in [1.165, 1.54) is 7.11 Å². The van der Waals surface area contributed by atoms with Gasteiger partial charge in [-0.1, -0.05) is 30.3 Å². The summed E-state index contributed by atoms with van der Waals surface area (Å²) in [5, 5.41) is 5.58. The summed E-state index contributed by atoms with van der Waals surface area (Å²) >= 11 is 0. The Morgan fingerprint density at radius 3 is 2.07 bits per heavy atom. The van der Waals surface area contributed by atoms with E-state index in [0.717, 1.165) is 5.56 Å². The summed E-state index contributed by atoms with van der Waals surface area (Å²) in [5.74, 6) is -1.27. The third kappa shape index (κ3) is 4.94. The lowest BCUT2D eigenvalue weighted by atomic mass is 9.90. The molecule has 0 saturated heterocycles. The van der Waals surface area contributed by atoms with Gasteiger partial charge in [0.05, 0.1) is 18.7 Å². The second-order valence-corrected chi connectivity index (χ2v) is 6.75. The van der Waals surface area contributed by atoms with Gasteiger partial charge in [-0.3, -0.25) is 9.59 Å². The third-order valence-corrected chi connectivity index (χ3v) is 4.35. The number of esters is 1. The van der Waals surface area contributed by atoms with Crippen LogP contribution in [0.1, 0.15) is 42.7 Å². The van der Waals surface area contributed by atoms with Crippen LogP contribution in [-0.2, 0) is 14.3 Å². The highest BCUT2D eigenvalue weighted by molar-refractivity contribution is 6.10. The van der Waals surface area contributed by atoms with Crippen LogP contribution in [0.3, 0.4) is 0 Å². The maximum absolute atomic E-state index is 12.6. The third-order valence-electron chi connectivity index (χ3n) is 4.35. The van der Waals surface area contributed by atoms with Crippen molar-refractivity contribution in [2.45, 2.75) is 26.8 Å². The Bertz CT molecular complexity index is 814. The van der Waals surface area contributed by atoms with Crippen molar-refractivity contribution >= 4 is 23.5 Å². The van der Waals surface area contributed by atoms with Crippen molar-refractivity contribution in [2.24, 2.45) is 5.41 Å². The van der Waals surface area contributed by atoms with E-state index in [-0.39, 0.29) is 11.9 Å². The number of anilines is 1. The Kier molecular flexibility index (Phi) is 6.34. The quantitative estimate of drug-likeness (QED) is 0.605. The average Bonchev–Trinajstić information content (AvgIpc) is 2.68. The molecule has 2 N–H and O–H groups in total. The van der Waals surface area contributed by atoms with Crippen LogP contribution in [0.15, 0.2) is 54.6 Å². The van der Waals surface area contributed by atoms with Crippen LogP contribution >= 0.6 is 0 Å². The van der Waals surface area contributed by atoms with Crippen molar-refractivity contribution in [3.8, 4) is 0 Å². The first kappa shape index (κ1) is 20.2. The highest BCUT2D eigenvalue weighted by Gasteiger charge is 2.36. The number of ether oxygens (including phenoxy) is 1. The first-order valence-electron chi connectivity index (χ1n) is 8.61. The summed E-state index contributed by atoms with van der Waals surface area (Å²) in [7, 11) is 1.30. The number of hydrogen-bond donors (Lipinski definition) is 2. The number of amides is 2. The summed E-state index contributed by atoms with van der Waals surface area (Å²) in [6.45, 7) is 5.00. The maximum atomic E-state index is 12.6. The van der Waals surface area contributed by atoms with Gasteiger partial charge >= 0.3 is 5.97 Å². The van der Waals surface area contributed by atoms with Gasteiger partial charge in [0.15, 0.2) is 0 Å². The fourth-order valence-corrected chi connectivity index (χ4v) is 2.40. The summed E-state index contributed by atoms with van der Waals surface area (Å²) < 4.78 is 4.64. The fourth-order valence-electron chi connectivity index (χ4n) is 2.40. The van der Waals surface area contributed by atoms with Gasteiger partial charge in [-0.05, 0) is 50.6 Å². The first-order chi connectivity index (χ1) is 12.8. The molecule has 0 heterocycles. The Morgan fingerprint density at radius 1 is 0.926 bits per heavy atom. The van der Waals surface area contributed by atoms with Gasteiger partial charge in [0.25, 0.3) is 0 Å². The fraction of sp³-hybridized carbons (Fsp3) is 0.286. The van der Waals surface area contributed by atoms with Crippen LogP contribution in [0.2, 0.25) is 0 Å². The molecule has 6 nitrogen and oxygen atoms in total. The second-order valence-electron chi connectivity index (χ2n) is 6.75. The van der Waals surface area contributed by atoms with Gasteiger partial charge in [0.2, 0.25) is 11.8 Å². The minimum Gasteiger partial charge on any atom is -0.465 e. The predicted octanol–water partition coefficient (Wildman–Crippen LogP) is 3.32. The molecule has 0 aliphatic rings. The second kappa shape index (κ2) is 8.49. The van der Waals surface area contributed by atoms with Crippen molar-refractivity contribution in [3.05, 3.63) is 65.7 Å². The molecule has 0 aromatic heterocycles. The highest BCUT2D eigenvalue weighted by Crippen LogP contribution is 2.22. The zero-order chi connectivity index (χ0) is 20.0. The van der Waals surface area contributed by atoms with E-state index in [4.69, 9.17) is 0 Å². The SMILES string of the molecule is COC(=O)c1ccc(NC(=O)C(C)(C)C(=O)NC(C)c2ccccc2)cc1. The Balaban J connectivity index is 2.03. The van der Waals surface area contributed by atoms with E-state index in [9.17, 15) is 14.4 Å². The largest absolute Gasteiger partial charge is 0.465 e. The minimum absolute atomic E-state index is 0.217. The minimum atomic E-state index is -1.27. The topological polar surface area (TPSA) is 84.5 Å². The van der Waals surface area contributed by atoms with Crippen LogP contribution in [0.5, 0.6) is 0 Å². The monoisotopic (exact) mass is 368 g/mol. The van der Waals surface area contributed by atoms with E-state index < -0.39 is 17.3 Å². The van der Waals surface area contributed by atoms with E-state index in [1.54, 1.807) is 38.1 Å². The van der Waals surface area contributed by atoms with Gasteiger partial charge in [0.1, 0.15) is 5.41 Å². The highest BCUT2D eigenvalue weighted by atomic mass is 16.5. The number of methoxy groups -OCH3 is 1. The molecule has 0 fully saturated rings. The molecule has 1 unspecified atom stereocenters. The lowest BCUT2D eigenvalue weighted by molar-refractivity contribution is -0.138. The van der Waals surface area contributed by atoms with Crippen LogP contribution < -0.4 is 10.6 Å². The Labute approximate surface area is 158 Å². The van der Waals surface area contributed by atoms with Gasteiger partial charge < -0.3 is 15.4 Å². The zero-order valence-corrected chi connectivity index (χ0v) is 15.9. The van der Waals surface area contributed by atoms with E-state index >= 15 is 0 Å². The number of nitrogens with one attached hydrogen (secondary N) is 2. The van der Waals surface area contributed by atoms with Crippen LogP contribution in [0.4, 0.5) is 5.69 Å². The van der Waals surface area contributed by atoms with Crippen molar-refractivity contribution in [1.29, 1.82) is 0 Å². The number of hydrogen-bond acceptors (Lipinski definition) is 4. The van der Waals surface area contributed by atoms with E-state index in [0.29, 0.717) is 11.3 Å². The van der Waals surface area contributed by atoms with E-state index in [2.05, 4.69) is 15.4 Å². The summed E-state index contributed by atoms with van der Waals surface area (Å²) in [4.78, 5) is 36.7. The average molecular weight is 368 g/mol. The molecule has 0 radical (unpaired) electrons. The molecule has 0 bridgehead atoms. The molecule has 1 atom stereocenters. The molecule has 0 aliphatic carbocycles. The molecule has 142 valence electrons. The summed E-state index contributed by atoms with van der Waals surface area (Å²) in [5.41, 5.74) is 0.554. The smallest absolute Gasteiger partial charge is 0.337 e. The molecule has 0 spiro atoms. The molecular formula is C21H24N2O4. The molecule has 2 aromatic carbocycles. The van der Waals surface area contributed by atoms with Crippen LogP contribution in [-0.4, -0.2) is 24.9 Å². The number of carbonyl (C=O) groups is 3. The molecule has 0 saturated carbocycles.